The van der Waals surface area contributed by atoms with E-state index >= 15 is 0 Å². The van der Waals surface area contributed by atoms with Gasteiger partial charge in [-0.3, -0.25) is 19.3 Å². The molecule has 1 aromatic carbocycles. The van der Waals surface area contributed by atoms with Crippen LogP contribution in [-0.4, -0.2) is 91.6 Å². The Morgan fingerprint density at radius 3 is 2.08 bits per heavy atom. The molecule has 0 aromatic heterocycles. The fourth-order valence-electron chi connectivity index (χ4n) is 3.09. The molecule has 1 aromatic rings. The van der Waals surface area contributed by atoms with Crippen LogP contribution >= 0.6 is 0 Å². The number of carbonyl (C=O) groups excluding carboxylic acids is 4. The topological polar surface area (TPSA) is 108 Å². The third-order valence-electron chi connectivity index (χ3n) is 5.17. The molecular weight excluding hydrogens is 512 g/mol. The number of halogens is 4. The highest BCUT2D eigenvalue weighted by Gasteiger charge is 2.37. The highest BCUT2D eigenvalue weighted by atomic mass is 19.4. The van der Waals surface area contributed by atoms with Crippen LogP contribution in [0.1, 0.15) is 24.2 Å². The summed E-state index contributed by atoms with van der Waals surface area (Å²) in [6.45, 7) is 7.71. The largest absolute Gasteiger partial charge is 0.445 e. The minimum atomic E-state index is -4.29. The lowest BCUT2D eigenvalue weighted by atomic mass is 10.00. The number of piperazine rings is 1. The average molecular weight is 545 g/mol. The van der Waals surface area contributed by atoms with Gasteiger partial charge in [-0.05, 0) is 38.1 Å². The quantitative estimate of drug-likeness (QED) is 0.163. The zero-order valence-electron chi connectivity index (χ0n) is 21.2. The molecule has 0 unspecified atom stereocenters. The molecule has 210 valence electrons. The van der Waals surface area contributed by atoms with E-state index in [4.69, 9.17) is 4.74 Å². The summed E-state index contributed by atoms with van der Waals surface area (Å²) in [4.78, 5) is 49.4. The van der Waals surface area contributed by atoms with E-state index in [1.54, 1.807) is 18.7 Å². The Morgan fingerprint density at radius 2 is 1.63 bits per heavy atom. The van der Waals surface area contributed by atoms with Crippen LogP contribution in [-0.2, 0) is 14.3 Å². The van der Waals surface area contributed by atoms with E-state index in [1.807, 2.05) is 4.90 Å². The number of Topliss-reactive ketones (excluding diaryl/α,β-unsaturated/α-hetero) is 1. The Morgan fingerprint density at radius 1 is 1.08 bits per heavy atom. The minimum absolute atomic E-state index is 0.00743. The Kier molecular flexibility index (Phi) is 15.0. The summed E-state index contributed by atoms with van der Waals surface area (Å²) in [6, 6.07) is 5.19. The number of alkyl halides is 3. The number of carbonyl (C=O) groups is 4. The summed E-state index contributed by atoms with van der Waals surface area (Å²) in [6.07, 6.45) is 4.83. The van der Waals surface area contributed by atoms with Crippen LogP contribution in [0.5, 0.6) is 0 Å². The smallest absolute Gasteiger partial charge is 0.410 e. The average Bonchev–Trinajstić information content (AvgIpc) is 2.90. The molecule has 2 N–H and O–H groups in total. The lowest BCUT2D eigenvalue weighted by Gasteiger charge is -2.42. The molecule has 1 aliphatic rings. The molecule has 0 bridgehead atoms. The van der Waals surface area contributed by atoms with Crippen molar-refractivity contribution >= 4 is 24.2 Å². The minimum Gasteiger partial charge on any atom is -0.445 e. The normalized spacial score (nSPS) is 13.4. The van der Waals surface area contributed by atoms with E-state index in [9.17, 15) is 36.7 Å². The Hall–Kier alpha value is -3.92. The molecule has 1 saturated heterocycles. The third kappa shape index (κ3) is 12.4. The van der Waals surface area contributed by atoms with Gasteiger partial charge in [0, 0.05) is 31.7 Å². The van der Waals surface area contributed by atoms with Gasteiger partial charge >= 0.3 is 12.3 Å². The third-order valence-corrected chi connectivity index (χ3v) is 5.17. The number of amides is 3. The number of rotatable bonds is 9. The van der Waals surface area contributed by atoms with Crippen molar-refractivity contribution in [3.63, 3.8) is 0 Å². The van der Waals surface area contributed by atoms with E-state index < -0.39 is 30.2 Å². The molecule has 38 heavy (non-hydrogen) atoms. The van der Waals surface area contributed by atoms with Crippen molar-refractivity contribution in [2.24, 2.45) is 0 Å². The standard InChI is InChI=1S/C20H26FN3O4.C3H4F3NO.C2H2/c1-4-13-28-19(27)23-9-11-24(12-10-23)20(2,3)18(26)22-14-17(25)15-5-7-16(21)8-6-15;4-3(5,6)1-7-2-8;1-2/h4-8H,1,9-14H2,2-3H3,(H,22,26);2H,1H2,(H,7,8);1-2H. The van der Waals surface area contributed by atoms with Gasteiger partial charge in [-0.1, -0.05) is 12.7 Å². The Labute approximate surface area is 219 Å². The van der Waals surface area contributed by atoms with Crippen LogP contribution in [0.3, 0.4) is 0 Å². The predicted octanol–water partition coefficient (Wildman–Crippen LogP) is 2.39. The van der Waals surface area contributed by atoms with Crippen LogP contribution in [0.25, 0.3) is 0 Å². The molecule has 0 radical (unpaired) electrons. The molecule has 13 heteroatoms. The second-order valence-electron chi connectivity index (χ2n) is 8.13. The highest BCUT2D eigenvalue weighted by Crippen LogP contribution is 2.18. The fraction of sp³-hybridized carbons (Fsp3) is 0.440. The van der Waals surface area contributed by atoms with Crippen LogP contribution < -0.4 is 10.6 Å². The lowest BCUT2D eigenvalue weighted by molar-refractivity contribution is -0.132. The number of hydrogen-bond acceptors (Lipinski definition) is 6. The zero-order chi connectivity index (χ0) is 29.4. The van der Waals surface area contributed by atoms with Gasteiger partial charge in [-0.25, -0.2) is 9.18 Å². The number of nitrogens with one attached hydrogen (secondary N) is 2. The molecule has 9 nitrogen and oxygen atoms in total. The molecular formula is C25H32F4N4O5. The second kappa shape index (κ2) is 16.8. The predicted molar refractivity (Wildman–Crippen MR) is 133 cm³/mol. The van der Waals surface area contributed by atoms with Gasteiger partial charge in [0.2, 0.25) is 12.3 Å². The summed E-state index contributed by atoms with van der Waals surface area (Å²) in [5.41, 5.74) is -0.508. The summed E-state index contributed by atoms with van der Waals surface area (Å²) in [7, 11) is 0. The number of terminal acetylenes is 1. The van der Waals surface area contributed by atoms with Gasteiger partial charge in [-0.2, -0.15) is 13.2 Å². The number of ether oxygens (including phenoxy) is 1. The van der Waals surface area contributed by atoms with Crippen molar-refractivity contribution in [3.8, 4) is 12.8 Å². The fourth-order valence-corrected chi connectivity index (χ4v) is 3.09. The molecule has 0 aliphatic carbocycles. The molecule has 1 fully saturated rings. The van der Waals surface area contributed by atoms with Crippen molar-refractivity contribution in [3.05, 3.63) is 48.3 Å². The summed E-state index contributed by atoms with van der Waals surface area (Å²) in [5.74, 6) is -1.00. The number of hydrogen-bond donors (Lipinski definition) is 2. The first-order valence-electron chi connectivity index (χ1n) is 11.2. The lowest BCUT2D eigenvalue weighted by Crippen LogP contribution is -2.61. The first kappa shape index (κ1) is 34.1. The molecule has 0 atom stereocenters. The molecule has 1 heterocycles. The van der Waals surface area contributed by atoms with Crippen molar-refractivity contribution < 1.29 is 41.5 Å². The van der Waals surface area contributed by atoms with Gasteiger partial charge in [0.1, 0.15) is 19.0 Å². The van der Waals surface area contributed by atoms with Gasteiger partial charge in [-0.15, -0.1) is 12.8 Å². The van der Waals surface area contributed by atoms with Crippen LogP contribution in [0.15, 0.2) is 36.9 Å². The number of ketones is 1. The Bertz CT molecular complexity index is 941. The van der Waals surface area contributed by atoms with Crippen molar-refractivity contribution in [2.45, 2.75) is 25.6 Å². The molecule has 2 rings (SSSR count). The van der Waals surface area contributed by atoms with Crippen molar-refractivity contribution in [1.82, 2.24) is 20.4 Å². The number of benzene rings is 1. The van der Waals surface area contributed by atoms with E-state index in [0.29, 0.717) is 31.7 Å². The Balaban J connectivity index is 0.00000117. The van der Waals surface area contributed by atoms with E-state index in [2.05, 4.69) is 24.7 Å². The molecule has 1 aliphatic heterocycles. The van der Waals surface area contributed by atoms with Crippen LogP contribution in [0.4, 0.5) is 22.4 Å². The van der Waals surface area contributed by atoms with E-state index in [0.717, 1.165) is 0 Å². The second-order valence-corrected chi connectivity index (χ2v) is 8.13. The number of nitrogens with zero attached hydrogens (tertiary/aromatic N) is 2. The summed E-state index contributed by atoms with van der Waals surface area (Å²) in [5, 5.41) is 4.14. The highest BCUT2D eigenvalue weighted by molar-refractivity contribution is 6.00. The maximum absolute atomic E-state index is 12.9. The molecule has 0 spiro atoms. The summed E-state index contributed by atoms with van der Waals surface area (Å²) >= 11 is 0. The van der Waals surface area contributed by atoms with E-state index in [1.165, 1.54) is 35.7 Å². The maximum atomic E-state index is 12.9. The van der Waals surface area contributed by atoms with Crippen molar-refractivity contribution in [2.75, 3.05) is 45.9 Å². The molecule has 0 saturated carbocycles. The summed E-state index contributed by atoms with van der Waals surface area (Å²) < 4.78 is 51.0. The molecule has 3 amide bonds. The SMILES string of the molecule is C#C.C=CCOC(=O)N1CCN(C(C)(C)C(=O)NCC(=O)c2ccc(F)cc2)CC1.O=CNCC(F)(F)F. The monoisotopic (exact) mass is 544 g/mol. The maximum Gasteiger partial charge on any atom is 0.410 e. The van der Waals surface area contributed by atoms with Crippen molar-refractivity contribution in [1.29, 1.82) is 0 Å². The van der Waals surface area contributed by atoms with Gasteiger partial charge in [0.05, 0.1) is 12.1 Å². The zero-order valence-corrected chi connectivity index (χ0v) is 21.2. The van der Waals surface area contributed by atoms with Crippen LogP contribution in [0.2, 0.25) is 0 Å². The van der Waals surface area contributed by atoms with E-state index in [-0.39, 0.29) is 31.3 Å². The first-order chi connectivity index (χ1) is 17.8. The van der Waals surface area contributed by atoms with Gasteiger partial charge in [0.15, 0.2) is 5.78 Å². The van der Waals surface area contributed by atoms with Gasteiger partial charge < -0.3 is 20.3 Å². The van der Waals surface area contributed by atoms with Crippen LogP contribution in [0, 0.1) is 18.7 Å². The van der Waals surface area contributed by atoms with Gasteiger partial charge in [0.25, 0.3) is 0 Å². The first-order valence-corrected chi connectivity index (χ1v) is 11.2.